The van der Waals surface area contributed by atoms with Gasteiger partial charge in [0, 0.05) is 23.2 Å². The van der Waals surface area contributed by atoms with E-state index in [1.807, 2.05) is 6.92 Å². The van der Waals surface area contributed by atoms with Crippen LogP contribution in [0.2, 0.25) is 0 Å². The van der Waals surface area contributed by atoms with Gasteiger partial charge in [0.1, 0.15) is 17.8 Å². The smallest absolute Gasteiger partial charge is 0.321 e. The zero-order chi connectivity index (χ0) is 20.2. The number of ether oxygens (including phenoxy) is 1. The van der Waals surface area contributed by atoms with Crippen LogP contribution in [0, 0.1) is 34.0 Å². The van der Waals surface area contributed by atoms with Crippen LogP contribution in [0.5, 0.6) is 0 Å². The summed E-state index contributed by atoms with van der Waals surface area (Å²) in [7, 11) is 0. The lowest BCUT2D eigenvalue weighted by atomic mass is 9.44. The summed E-state index contributed by atoms with van der Waals surface area (Å²) in [6.07, 6.45) is 4.39. The van der Waals surface area contributed by atoms with Gasteiger partial charge in [-0.15, -0.1) is 18.2 Å². The molecule has 152 valence electrons. The number of esters is 1. The van der Waals surface area contributed by atoms with E-state index < -0.39 is 29.0 Å². The van der Waals surface area contributed by atoms with E-state index in [-0.39, 0.29) is 34.8 Å². The molecule has 0 unspecified atom stereocenters. The molecule has 5 heteroatoms. The van der Waals surface area contributed by atoms with Crippen molar-refractivity contribution in [3.05, 3.63) is 12.7 Å². The molecular weight excluding hydrogens is 364 g/mol. The largest absolute Gasteiger partial charge is 0.461 e. The maximum absolute atomic E-state index is 13.1. The number of Topliss-reactive ketones (excluding diaryl/α,β-unsaturated/α-hetero) is 1. The van der Waals surface area contributed by atoms with Gasteiger partial charge in [0.25, 0.3) is 0 Å². The Balaban J connectivity index is 2.21. The second-order valence-corrected chi connectivity index (χ2v) is 9.97. The lowest BCUT2D eigenvalue weighted by Crippen LogP contribution is -2.63. The van der Waals surface area contributed by atoms with Crippen LogP contribution in [0.4, 0.5) is 0 Å². The van der Waals surface area contributed by atoms with E-state index in [4.69, 9.17) is 16.3 Å². The van der Waals surface area contributed by atoms with Gasteiger partial charge >= 0.3 is 5.97 Å². The average molecular weight is 397 g/mol. The number of halogens is 1. The highest BCUT2D eigenvalue weighted by molar-refractivity contribution is 6.26. The van der Waals surface area contributed by atoms with Gasteiger partial charge in [-0.2, -0.15) is 0 Å². The quantitative estimate of drug-likeness (QED) is 0.442. The SMILES string of the molecule is C=C[C@]1(C)C[C@@H](OC(=O)CCl)[C@]2(C)[C@H](C)CC[C@]3(CCC(=O)[C@H]32)[C@@H](C)[C@@H]1O. The third-order valence-electron chi connectivity index (χ3n) is 8.68. The molecule has 1 N–H and O–H groups in total. The number of aliphatic hydroxyl groups excluding tert-OH is 1. The summed E-state index contributed by atoms with van der Waals surface area (Å²) in [6, 6.07) is 0. The van der Waals surface area contributed by atoms with Gasteiger partial charge < -0.3 is 9.84 Å². The molecule has 8 atom stereocenters. The summed E-state index contributed by atoms with van der Waals surface area (Å²) >= 11 is 5.74. The molecule has 0 spiro atoms. The van der Waals surface area contributed by atoms with Crippen molar-refractivity contribution in [3.63, 3.8) is 0 Å². The van der Waals surface area contributed by atoms with Crippen LogP contribution in [0.1, 0.15) is 59.8 Å². The average Bonchev–Trinajstić information content (AvgIpc) is 3.00. The second kappa shape index (κ2) is 6.88. The van der Waals surface area contributed by atoms with Crippen LogP contribution in [-0.4, -0.2) is 34.9 Å². The lowest BCUT2D eigenvalue weighted by molar-refractivity contribution is -0.205. The van der Waals surface area contributed by atoms with Gasteiger partial charge in [-0.05, 0) is 42.9 Å². The van der Waals surface area contributed by atoms with E-state index in [1.54, 1.807) is 6.08 Å². The highest BCUT2D eigenvalue weighted by Crippen LogP contribution is 2.67. The summed E-state index contributed by atoms with van der Waals surface area (Å²) in [6.45, 7) is 12.4. The first kappa shape index (κ1) is 20.9. The molecule has 0 radical (unpaired) electrons. The maximum atomic E-state index is 13.1. The first-order chi connectivity index (χ1) is 12.6. The van der Waals surface area contributed by atoms with Gasteiger partial charge in [-0.25, -0.2) is 0 Å². The lowest BCUT2D eigenvalue weighted by Gasteiger charge is -2.61. The topological polar surface area (TPSA) is 63.6 Å². The monoisotopic (exact) mass is 396 g/mol. The van der Waals surface area contributed by atoms with E-state index in [2.05, 4.69) is 27.4 Å². The van der Waals surface area contributed by atoms with Crippen LogP contribution in [-0.2, 0) is 14.3 Å². The van der Waals surface area contributed by atoms with Crippen LogP contribution < -0.4 is 0 Å². The number of aliphatic hydroxyl groups is 1. The molecule has 0 amide bonds. The number of rotatable bonds is 3. The zero-order valence-electron chi connectivity index (χ0n) is 17.0. The van der Waals surface area contributed by atoms with Gasteiger partial charge in [-0.1, -0.05) is 33.8 Å². The predicted octanol–water partition coefficient (Wildman–Crippen LogP) is 4.13. The van der Waals surface area contributed by atoms with Gasteiger partial charge in [0.05, 0.1) is 6.10 Å². The van der Waals surface area contributed by atoms with Crippen molar-refractivity contribution in [1.82, 2.24) is 0 Å². The van der Waals surface area contributed by atoms with Crippen LogP contribution in [0.25, 0.3) is 0 Å². The fraction of sp³-hybridized carbons (Fsp3) is 0.818. The van der Waals surface area contributed by atoms with Crippen molar-refractivity contribution < 1.29 is 19.4 Å². The van der Waals surface area contributed by atoms with Gasteiger partial charge in [0.2, 0.25) is 0 Å². The standard InChI is InChI=1S/C22H33ClO4/c1-6-20(4)11-16(27-17(25)12-23)21(5)13(2)7-9-22(14(3)19(20)26)10-8-15(24)18(21)22/h6,13-14,16,18-19,26H,1,7-12H2,2-5H3/t13-,14+,16-,18+,19+,20-,21+,22+/m1/s1. The Morgan fingerprint density at radius 2 is 2.04 bits per heavy atom. The predicted molar refractivity (Wildman–Crippen MR) is 105 cm³/mol. The van der Waals surface area contributed by atoms with Crippen LogP contribution in [0.3, 0.4) is 0 Å². The Morgan fingerprint density at radius 3 is 2.63 bits per heavy atom. The Kier molecular flexibility index (Phi) is 5.31. The fourth-order valence-electron chi connectivity index (χ4n) is 6.69. The van der Waals surface area contributed by atoms with E-state index in [0.29, 0.717) is 12.8 Å². The molecule has 3 fully saturated rings. The number of alkyl halides is 1. The van der Waals surface area contributed by atoms with Crippen molar-refractivity contribution in [3.8, 4) is 0 Å². The maximum Gasteiger partial charge on any atom is 0.321 e. The summed E-state index contributed by atoms with van der Waals surface area (Å²) < 4.78 is 5.89. The molecule has 3 rings (SSSR count). The normalized spacial score (nSPS) is 49.7. The zero-order valence-corrected chi connectivity index (χ0v) is 17.7. The number of carbonyl (C=O) groups is 2. The Labute approximate surface area is 167 Å². The summed E-state index contributed by atoms with van der Waals surface area (Å²) in [5.41, 5.74) is -1.31. The first-order valence-corrected chi connectivity index (χ1v) is 10.7. The molecule has 27 heavy (non-hydrogen) atoms. The number of hydrogen-bond acceptors (Lipinski definition) is 4. The summed E-state index contributed by atoms with van der Waals surface area (Å²) in [4.78, 5) is 25.3. The molecular formula is C22H33ClO4. The van der Waals surface area contributed by atoms with Crippen molar-refractivity contribution in [2.75, 3.05) is 5.88 Å². The number of hydrogen-bond donors (Lipinski definition) is 1. The minimum atomic E-state index is -0.640. The van der Waals surface area contributed by atoms with Crippen molar-refractivity contribution in [1.29, 1.82) is 0 Å². The Hall–Kier alpha value is -0.870. The van der Waals surface area contributed by atoms with E-state index in [9.17, 15) is 14.7 Å². The molecule has 0 heterocycles. The van der Waals surface area contributed by atoms with Gasteiger partial charge in [0.15, 0.2) is 0 Å². The third-order valence-corrected chi connectivity index (χ3v) is 8.90. The summed E-state index contributed by atoms with van der Waals surface area (Å²) in [5, 5.41) is 11.4. The highest BCUT2D eigenvalue weighted by atomic mass is 35.5. The minimum absolute atomic E-state index is 0.0200. The van der Waals surface area contributed by atoms with Crippen molar-refractivity contribution in [2.24, 2.45) is 34.0 Å². The number of ketones is 1. The first-order valence-electron chi connectivity index (χ1n) is 10.2. The molecule has 3 aliphatic carbocycles. The van der Waals surface area contributed by atoms with E-state index in [0.717, 1.165) is 19.3 Å². The molecule has 3 aliphatic rings. The van der Waals surface area contributed by atoms with Crippen LogP contribution in [0.15, 0.2) is 12.7 Å². The minimum Gasteiger partial charge on any atom is -0.461 e. The molecule has 0 aromatic heterocycles. The molecule has 0 aromatic carbocycles. The molecule has 2 bridgehead atoms. The Morgan fingerprint density at radius 1 is 1.37 bits per heavy atom. The molecule has 4 nitrogen and oxygen atoms in total. The summed E-state index contributed by atoms with van der Waals surface area (Å²) in [5.74, 6) is -0.394. The van der Waals surface area contributed by atoms with Crippen molar-refractivity contribution in [2.45, 2.75) is 72.0 Å². The third kappa shape index (κ3) is 2.81. The molecule has 3 saturated carbocycles. The highest BCUT2D eigenvalue weighted by Gasteiger charge is 2.68. The van der Waals surface area contributed by atoms with Crippen molar-refractivity contribution >= 4 is 23.4 Å². The van der Waals surface area contributed by atoms with Gasteiger partial charge in [-0.3, -0.25) is 9.59 Å². The van der Waals surface area contributed by atoms with Crippen LogP contribution >= 0.6 is 11.6 Å². The molecule has 0 saturated heterocycles. The fourth-order valence-corrected chi connectivity index (χ4v) is 6.75. The molecule has 0 aromatic rings. The molecule has 0 aliphatic heterocycles. The second-order valence-electron chi connectivity index (χ2n) is 9.70. The number of carbonyl (C=O) groups excluding carboxylic acids is 2. The van der Waals surface area contributed by atoms with E-state index >= 15 is 0 Å². The van der Waals surface area contributed by atoms with E-state index in [1.165, 1.54) is 0 Å². The Bertz CT molecular complexity index is 648.